The van der Waals surface area contributed by atoms with Gasteiger partial charge in [-0.1, -0.05) is 71.2 Å². The third-order valence-corrected chi connectivity index (χ3v) is 4.37. The van der Waals surface area contributed by atoms with Crippen LogP contribution >= 0.6 is 0 Å². The predicted octanol–water partition coefficient (Wildman–Crippen LogP) is 5.90. The van der Waals surface area contributed by atoms with Gasteiger partial charge >= 0.3 is 0 Å². The Morgan fingerprint density at radius 3 is 1.95 bits per heavy atom. The lowest BCUT2D eigenvalue weighted by Crippen LogP contribution is -2.28. The van der Waals surface area contributed by atoms with Crippen LogP contribution in [-0.2, 0) is 6.42 Å². The first kappa shape index (κ1) is 18.2. The maximum Gasteiger partial charge on any atom is 0.0348 e. The van der Waals surface area contributed by atoms with Crippen LogP contribution in [0.3, 0.4) is 0 Å². The Morgan fingerprint density at radius 2 is 1.48 bits per heavy atom. The normalized spacial score (nSPS) is 12.8. The van der Waals surface area contributed by atoms with E-state index in [9.17, 15) is 0 Å². The first-order valence-electron chi connectivity index (χ1n) is 9.08. The largest absolute Gasteiger partial charge is 0.310 e. The highest BCUT2D eigenvalue weighted by Crippen LogP contribution is 2.30. The van der Waals surface area contributed by atoms with E-state index in [1.807, 2.05) is 0 Å². The fourth-order valence-electron chi connectivity index (χ4n) is 3.27. The zero-order chi connectivity index (χ0) is 15.5. The van der Waals surface area contributed by atoms with Gasteiger partial charge in [-0.15, -0.1) is 0 Å². The molecule has 0 fully saturated rings. The smallest absolute Gasteiger partial charge is 0.0348 e. The van der Waals surface area contributed by atoms with Crippen LogP contribution in [0, 0.1) is 5.92 Å². The molecular weight excluding hydrogens is 254 g/mol. The molecule has 1 atom stereocenters. The molecule has 1 nitrogen and oxygen atoms in total. The minimum atomic E-state index is 0.523. The molecule has 1 aromatic carbocycles. The van der Waals surface area contributed by atoms with Gasteiger partial charge in [-0.05, 0) is 49.3 Å². The third kappa shape index (κ3) is 6.22. The molecule has 1 unspecified atom stereocenters. The van der Waals surface area contributed by atoms with E-state index in [0.29, 0.717) is 6.04 Å². The van der Waals surface area contributed by atoms with Crippen LogP contribution in [0.15, 0.2) is 24.3 Å². The summed E-state index contributed by atoms with van der Waals surface area (Å²) in [6.45, 7) is 10.1. The summed E-state index contributed by atoms with van der Waals surface area (Å²) < 4.78 is 0. The number of aryl methyl sites for hydroxylation is 1. The molecule has 0 radical (unpaired) electrons. The van der Waals surface area contributed by atoms with Crippen molar-refractivity contribution in [2.75, 3.05) is 6.54 Å². The summed E-state index contributed by atoms with van der Waals surface area (Å²) in [5, 5.41) is 3.73. The van der Waals surface area contributed by atoms with Crippen molar-refractivity contribution in [3.63, 3.8) is 0 Å². The molecule has 0 amide bonds. The quantitative estimate of drug-likeness (QED) is 0.535. The molecule has 0 aliphatic rings. The summed E-state index contributed by atoms with van der Waals surface area (Å²) in [5.41, 5.74) is 2.96. The van der Waals surface area contributed by atoms with Crippen LogP contribution in [0.2, 0.25) is 0 Å². The van der Waals surface area contributed by atoms with E-state index < -0.39 is 0 Å². The van der Waals surface area contributed by atoms with Crippen LogP contribution in [0.1, 0.15) is 83.4 Å². The van der Waals surface area contributed by atoms with Crippen molar-refractivity contribution in [1.82, 2.24) is 5.32 Å². The molecule has 0 aromatic heterocycles. The number of nitrogens with one attached hydrogen (secondary N) is 1. The van der Waals surface area contributed by atoms with Crippen molar-refractivity contribution in [2.45, 2.75) is 78.7 Å². The molecule has 0 aliphatic carbocycles. The summed E-state index contributed by atoms with van der Waals surface area (Å²) >= 11 is 0. The lowest BCUT2D eigenvalue weighted by molar-refractivity contribution is 0.320. The molecule has 0 spiro atoms. The van der Waals surface area contributed by atoms with Crippen molar-refractivity contribution in [1.29, 1.82) is 0 Å². The minimum absolute atomic E-state index is 0.523. The van der Waals surface area contributed by atoms with Crippen molar-refractivity contribution in [3.05, 3.63) is 35.4 Å². The van der Waals surface area contributed by atoms with Crippen LogP contribution < -0.4 is 5.32 Å². The first-order chi connectivity index (χ1) is 10.3. The van der Waals surface area contributed by atoms with E-state index in [4.69, 9.17) is 0 Å². The highest BCUT2D eigenvalue weighted by atomic mass is 14.9. The molecule has 0 bridgehead atoms. The van der Waals surface area contributed by atoms with Gasteiger partial charge < -0.3 is 5.32 Å². The van der Waals surface area contributed by atoms with E-state index >= 15 is 0 Å². The molecule has 1 aromatic rings. The molecule has 0 aliphatic heterocycles. The molecule has 0 heterocycles. The zero-order valence-electron chi connectivity index (χ0n) is 14.6. The summed E-state index contributed by atoms with van der Waals surface area (Å²) in [5.74, 6) is 0.765. The number of hydrogen-bond donors (Lipinski definition) is 1. The Balaban J connectivity index is 2.82. The molecular formula is C20H35N. The SMILES string of the molecule is CCCCc1ccc(C(NCC)C(CCC)CCC)cc1. The van der Waals surface area contributed by atoms with Gasteiger partial charge in [0.15, 0.2) is 0 Å². The van der Waals surface area contributed by atoms with Crippen LogP contribution in [-0.4, -0.2) is 6.54 Å². The van der Waals surface area contributed by atoms with Gasteiger partial charge in [0.2, 0.25) is 0 Å². The van der Waals surface area contributed by atoms with Crippen LogP contribution in [0.4, 0.5) is 0 Å². The van der Waals surface area contributed by atoms with Gasteiger partial charge in [-0.2, -0.15) is 0 Å². The molecule has 0 saturated heterocycles. The highest BCUT2D eigenvalue weighted by Gasteiger charge is 2.20. The lowest BCUT2D eigenvalue weighted by Gasteiger charge is -2.28. The Labute approximate surface area is 132 Å². The fraction of sp³-hybridized carbons (Fsp3) is 0.700. The third-order valence-electron chi connectivity index (χ3n) is 4.37. The molecule has 1 heteroatoms. The second-order valence-corrected chi connectivity index (χ2v) is 6.22. The topological polar surface area (TPSA) is 12.0 Å². The standard InChI is InChI=1S/C20H35N/c1-5-9-12-17-13-15-19(16-14-17)20(21-8-4)18(10-6-2)11-7-3/h13-16,18,20-21H,5-12H2,1-4H3. The molecule has 120 valence electrons. The average Bonchev–Trinajstić information content (AvgIpc) is 2.51. The zero-order valence-corrected chi connectivity index (χ0v) is 14.6. The second-order valence-electron chi connectivity index (χ2n) is 6.22. The molecule has 1 rings (SSSR count). The maximum absolute atomic E-state index is 3.73. The summed E-state index contributed by atoms with van der Waals surface area (Å²) in [6, 6.07) is 9.91. The number of hydrogen-bond acceptors (Lipinski definition) is 1. The van der Waals surface area contributed by atoms with E-state index in [-0.39, 0.29) is 0 Å². The maximum atomic E-state index is 3.73. The van der Waals surface area contributed by atoms with E-state index in [2.05, 4.69) is 57.3 Å². The second kappa shape index (κ2) is 10.8. The first-order valence-corrected chi connectivity index (χ1v) is 9.08. The van der Waals surface area contributed by atoms with Crippen LogP contribution in [0.5, 0.6) is 0 Å². The van der Waals surface area contributed by atoms with Gasteiger partial charge in [0.25, 0.3) is 0 Å². The molecule has 1 N–H and O–H groups in total. The van der Waals surface area contributed by atoms with E-state index in [0.717, 1.165) is 12.5 Å². The van der Waals surface area contributed by atoms with Crippen molar-refractivity contribution in [2.24, 2.45) is 5.92 Å². The summed E-state index contributed by atoms with van der Waals surface area (Å²) in [6.07, 6.45) is 8.99. The average molecular weight is 290 g/mol. The highest BCUT2D eigenvalue weighted by molar-refractivity contribution is 5.25. The van der Waals surface area contributed by atoms with Crippen molar-refractivity contribution >= 4 is 0 Å². The minimum Gasteiger partial charge on any atom is -0.310 e. The van der Waals surface area contributed by atoms with Gasteiger partial charge in [-0.25, -0.2) is 0 Å². The lowest BCUT2D eigenvalue weighted by atomic mass is 9.85. The Kier molecular flexibility index (Phi) is 9.41. The summed E-state index contributed by atoms with van der Waals surface area (Å²) in [4.78, 5) is 0. The molecule has 0 saturated carbocycles. The Bertz CT molecular complexity index is 349. The van der Waals surface area contributed by atoms with Gasteiger partial charge in [0.05, 0.1) is 0 Å². The van der Waals surface area contributed by atoms with E-state index in [1.165, 1.54) is 56.1 Å². The van der Waals surface area contributed by atoms with Crippen LogP contribution in [0.25, 0.3) is 0 Å². The van der Waals surface area contributed by atoms with Crippen molar-refractivity contribution in [3.8, 4) is 0 Å². The van der Waals surface area contributed by atoms with E-state index in [1.54, 1.807) is 0 Å². The number of rotatable bonds is 11. The number of unbranched alkanes of at least 4 members (excludes halogenated alkanes) is 1. The number of benzene rings is 1. The molecule has 21 heavy (non-hydrogen) atoms. The monoisotopic (exact) mass is 289 g/mol. The predicted molar refractivity (Wildman–Crippen MR) is 94.8 cm³/mol. The van der Waals surface area contributed by atoms with Gasteiger partial charge in [0, 0.05) is 6.04 Å². The fourth-order valence-corrected chi connectivity index (χ4v) is 3.27. The van der Waals surface area contributed by atoms with Crippen molar-refractivity contribution < 1.29 is 0 Å². The van der Waals surface area contributed by atoms with Gasteiger partial charge in [0.1, 0.15) is 0 Å². The Hall–Kier alpha value is -0.820. The van der Waals surface area contributed by atoms with Gasteiger partial charge in [-0.3, -0.25) is 0 Å². The summed E-state index contributed by atoms with van der Waals surface area (Å²) in [7, 11) is 0. The Morgan fingerprint density at radius 1 is 0.857 bits per heavy atom.